The van der Waals surface area contributed by atoms with E-state index < -0.39 is 0 Å². The molecule has 118 valence electrons. The summed E-state index contributed by atoms with van der Waals surface area (Å²) < 4.78 is 10.2. The molecule has 3 heterocycles. The zero-order valence-electron chi connectivity index (χ0n) is 12.5. The Morgan fingerprint density at radius 3 is 2.68 bits per heavy atom. The van der Waals surface area contributed by atoms with E-state index in [1.54, 1.807) is 6.20 Å². The molecular weight excluding hydrogens is 308 g/mol. The minimum absolute atomic E-state index is 0.322. The van der Waals surface area contributed by atoms with Crippen LogP contribution >= 0.6 is 11.6 Å². The molecular formula is C13H17ClN6O2. The predicted octanol–water partition coefficient (Wildman–Crippen LogP) is 1.15. The van der Waals surface area contributed by atoms with E-state index in [0.29, 0.717) is 35.1 Å². The Morgan fingerprint density at radius 2 is 2.05 bits per heavy atom. The monoisotopic (exact) mass is 324 g/mol. The number of hydrogen-bond donors (Lipinski definition) is 0. The fraction of sp³-hybridized carbons (Fsp3) is 0.538. The van der Waals surface area contributed by atoms with Gasteiger partial charge in [0.25, 0.3) is 0 Å². The molecule has 2 aromatic rings. The molecule has 8 nitrogen and oxygen atoms in total. The van der Waals surface area contributed by atoms with Crippen LogP contribution in [0.1, 0.15) is 11.7 Å². The molecule has 0 amide bonds. The molecule has 0 radical (unpaired) electrons. The second-order valence-electron chi connectivity index (χ2n) is 5.03. The summed E-state index contributed by atoms with van der Waals surface area (Å²) in [6.45, 7) is 5.83. The van der Waals surface area contributed by atoms with Gasteiger partial charge in [0.05, 0.1) is 19.9 Å². The SMILES string of the molecule is COc1ncc(Cl)c(N2CCN(Cc3nc(C)no3)CC2)n1. The van der Waals surface area contributed by atoms with E-state index in [-0.39, 0.29) is 0 Å². The summed E-state index contributed by atoms with van der Waals surface area (Å²) in [7, 11) is 1.54. The Kier molecular flexibility index (Phi) is 4.39. The Hall–Kier alpha value is -1.93. The molecule has 1 aliphatic rings. The van der Waals surface area contributed by atoms with E-state index in [1.807, 2.05) is 6.92 Å². The third kappa shape index (κ3) is 3.28. The standard InChI is InChI=1S/C13H17ClN6O2/c1-9-16-11(22-18-9)8-19-3-5-20(6-4-19)12-10(14)7-15-13(17-12)21-2/h7H,3-6,8H2,1-2H3. The minimum Gasteiger partial charge on any atom is -0.467 e. The summed E-state index contributed by atoms with van der Waals surface area (Å²) in [4.78, 5) is 16.9. The number of ether oxygens (including phenoxy) is 1. The number of piperazine rings is 1. The molecule has 0 aliphatic carbocycles. The fourth-order valence-corrected chi connectivity index (χ4v) is 2.59. The lowest BCUT2D eigenvalue weighted by atomic mass is 10.3. The van der Waals surface area contributed by atoms with Crippen molar-refractivity contribution in [3.05, 3.63) is 22.9 Å². The van der Waals surface area contributed by atoms with E-state index in [4.69, 9.17) is 20.9 Å². The van der Waals surface area contributed by atoms with Gasteiger partial charge < -0.3 is 14.2 Å². The zero-order valence-corrected chi connectivity index (χ0v) is 13.2. The summed E-state index contributed by atoms with van der Waals surface area (Å²) in [5.41, 5.74) is 0. The molecule has 0 saturated carbocycles. The Labute approximate surface area is 133 Å². The largest absolute Gasteiger partial charge is 0.467 e. The highest BCUT2D eigenvalue weighted by molar-refractivity contribution is 6.32. The number of methoxy groups -OCH3 is 1. The van der Waals surface area contributed by atoms with E-state index in [9.17, 15) is 0 Å². The number of aromatic nitrogens is 4. The van der Waals surface area contributed by atoms with Crippen molar-refractivity contribution in [2.45, 2.75) is 13.5 Å². The van der Waals surface area contributed by atoms with Crippen LogP contribution in [0.15, 0.2) is 10.7 Å². The molecule has 0 unspecified atom stereocenters. The first-order valence-corrected chi connectivity index (χ1v) is 7.36. The molecule has 2 aromatic heterocycles. The number of anilines is 1. The van der Waals surface area contributed by atoms with Crippen molar-refractivity contribution in [2.75, 3.05) is 38.2 Å². The van der Waals surface area contributed by atoms with Crippen molar-refractivity contribution in [1.29, 1.82) is 0 Å². The summed E-state index contributed by atoms with van der Waals surface area (Å²) in [6.07, 6.45) is 1.57. The lowest BCUT2D eigenvalue weighted by Gasteiger charge is -2.34. The molecule has 1 aliphatic heterocycles. The van der Waals surface area contributed by atoms with Gasteiger partial charge in [-0.3, -0.25) is 4.90 Å². The maximum Gasteiger partial charge on any atom is 0.318 e. The fourth-order valence-electron chi connectivity index (χ4n) is 2.38. The Morgan fingerprint density at radius 1 is 1.27 bits per heavy atom. The van der Waals surface area contributed by atoms with Crippen molar-refractivity contribution >= 4 is 17.4 Å². The molecule has 1 fully saturated rings. The lowest BCUT2D eigenvalue weighted by Crippen LogP contribution is -2.46. The van der Waals surface area contributed by atoms with Crippen molar-refractivity contribution in [3.8, 4) is 6.01 Å². The molecule has 0 atom stereocenters. The van der Waals surface area contributed by atoms with Crippen molar-refractivity contribution in [1.82, 2.24) is 25.0 Å². The van der Waals surface area contributed by atoms with Gasteiger partial charge in [-0.15, -0.1) is 0 Å². The molecule has 0 N–H and O–H groups in total. The quantitative estimate of drug-likeness (QED) is 0.828. The Bertz CT molecular complexity index is 641. The second kappa shape index (κ2) is 6.45. The van der Waals surface area contributed by atoms with E-state index in [2.05, 4.69) is 29.9 Å². The summed E-state index contributed by atoms with van der Waals surface area (Å²) >= 11 is 6.19. The zero-order chi connectivity index (χ0) is 15.5. The maximum atomic E-state index is 6.19. The van der Waals surface area contributed by atoms with Gasteiger partial charge in [0.2, 0.25) is 5.89 Å². The second-order valence-corrected chi connectivity index (χ2v) is 5.43. The van der Waals surface area contributed by atoms with Gasteiger partial charge in [0.1, 0.15) is 5.02 Å². The summed E-state index contributed by atoms with van der Waals surface area (Å²) in [6, 6.07) is 0.322. The van der Waals surface area contributed by atoms with Crippen molar-refractivity contribution in [3.63, 3.8) is 0 Å². The molecule has 3 rings (SSSR count). The highest BCUT2D eigenvalue weighted by atomic mass is 35.5. The van der Waals surface area contributed by atoms with Crippen LogP contribution in [0.5, 0.6) is 6.01 Å². The van der Waals surface area contributed by atoms with Gasteiger partial charge in [0.15, 0.2) is 11.6 Å². The highest BCUT2D eigenvalue weighted by Crippen LogP contribution is 2.25. The number of halogens is 1. The van der Waals surface area contributed by atoms with Gasteiger partial charge >= 0.3 is 6.01 Å². The first-order valence-electron chi connectivity index (χ1n) is 6.98. The minimum atomic E-state index is 0.322. The molecule has 0 spiro atoms. The van der Waals surface area contributed by atoms with Crippen LogP contribution in [0.2, 0.25) is 5.02 Å². The van der Waals surface area contributed by atoms with Crippen LogP contribution in [-0.2, 0) is 6.54 Å². The van der Waals surface area contributed by atoms with Crippen LogP contribution in [0.3, 0.4) is 0 Å². The number of nitrogens with zero attached hydrogens (tertiary/aromatic N) is 6. The third-order valence-electron chi connectivity index (χ3n) is 3.49. The number of rotatable bonds is 4. The Balaban J connectivity index is 1.61. The number of hydrogen-bond acceptors (Lipinski definition) is 8. The maximum absolute atomic E-state index is 6.19. The molecule has 22 heavy (non-hydrogen) atoms. The van der Waals surface area contributed by atoms with Gasteiger partial charge in [-0.1, -0.05) is 16.8 Å². The van der Waals surface area contributed by atoms with E-state index in [0.717, 1.165) is 26.2 Å². The summed E-state index contributed by atoms with van der Waals surface area (Å²) in [5.74, 6) is 2.02. The van der Waals surface area contributed by atoms with Gasteiger partial charge in [-0.25, -0.2) is 4.98 Å². The molecule has 0 aromatic carbocycles. The lowest BCUT2D eigenvalue weighted by molar-refractivity contribution is 0.215. The molecule has 9 heteroatoms. The van der Waals surface area contributed by atoms with Crippen LogP contribution in [0, 0.1) is 6.92 Å². The van der Waals surface area contributed by atoms with Crippen LogP contribution in [0.4, 0.5) is 5.82 Å². The van der Waals surface area contributed by atoms with Crippen LogP contribution < -0.4 is 9.64 Å². The van der Waals surface area contributed by atoms with Crippen LogP contribution in [-0.4, -0.2) is 58.3 Å². The third-order valence-corrected chi connectivity index (χ3v) is 3.75. The predicted molar refractivity (Wildman–Crippen MR) is 80.1 cm³/mol. The average Bonchev–Trinajstić information content (AvgIpc) is 2.94. The number of aryl methyl sites for hydroxylation is 1. The average molecular weight is 325 g/mol. The van der Waals surface area contributed by atoms with Gasteiger partial charge in [0, 0.05) is 26.2 Å². The molecule has 0 bridgehead atoms. The van der Waals surface area contributed by atoms with Crippen molar-refractivity contribution < 1.29 is 9.26 Å². The van der Waals surface area contributed by atoms with E-state index >= 15 is 0 Å². The van der Waals surface area contributed by atoms with E-state index in [1.165, 1.54) is 7.11 Å². The normalized spacial score (nSPS) is 16.0. The highest BCUT2D eigenvalue weighted by Gasteiger charge is 2.22. The first-order chi connectivity index (χ1) is 10.7. The first kappa shape index (κ1) is 15.0. The smallest absolute Gasteiger partial charge is 0.318 e. The summed E-state index contributed by atoms with van der Waals surface area (Å²) in [5, 5.41) is 4.33. The van der Waals surface area contributed by atoms with Gasteiger partial charge in [-0.2, -0.15) is 9.97 Å². The van der Waals surface area contributed by atoms with Crippen LogP contribution in [0.25, 0.3) is 0 Å². The topological polar surface area (TPSA) is 80.4 Å². The van der Waals surface area contributed by atoms with Crippen molar-refractivity contribution in [2.24, 2.45) is 0 Å². The molecule has 1 saturated heterocycles. The van der Waals surface area contributed by atoms with Gasteiger partial charge in [-0.05, 0) is 6.92 Å².